The fourth-order valence-electron chi connectivity index (χ4n) is 3.02. The number of esters is 1. The number of benzene rings is 2. The maximum Gasteiger partial charge on any atom is 0.329 e. The molecule has 1 aliphatic rings. The summed E-state index contributed by atoms with van der Waals surface area (Å²) >= 11 is 11.8. The van der Waals surface area contributed by atoms with Crippen molar-refractivity contribution in [2.75, 3.05) is 13.7 Å². The number of amides is 3. The zero-order valence-electron chi connectivity index (χ0n) is 16.2. The Bertz CT molecular complexity index is 985. The third kappa shape index (κ3) is 4.32. The Balaban J connectivity index is 1.61. The number of hydrogen-bond acceptors (Lipinski definition) is 5. The summed E-state index contributed by atoms with van der Waals surface area (Å²) in [4.78, 5) is 52.0. The minimum Gasteiger partial charge on any atom is -0.454 e. The highest BCUT2D eigenvalue weighted by Gasteiger charge is 2.42. The third-order valence-electron chi connectivity index (χ3n) is 4.71. The number of carbonyl (C=O) groups is 4. The first-order valence-electron chi connectivity index (χ1n) is 9.02. The number of ether oxygens (including phenoxy) is 1. The first-order valence-corrected chi connectivity index (χ1v) is 9.77. The predicted octanol–water partition coefficient (Wildman–Crippen LogP) is 3.18. The summed E-state index contributed by atoms with van der Waals surface area (Å²) in [7, 11) is 1.59. The average molecular weight is 449 g/mol. The SMILES string of the molecule is CC(C(=O)OCC(=O)N(C)Cc1ccccc1)N1C(=O)c2cc(Cl)c(Cl)cc2C1=O. The van der Waals surface area contributed by atoms with Crippen LogP contribution in [0.2, 0.25) is 10.0 Å². The summed E-state index contributed by atoms with van der Waals surface area (Å²) in [6, 6.07) is 10.7. The molecule has 156 valence electrons. The molecule has 7 nitrogen and oxygen atoms in total. The Hall–Kier alpha value is -2.90. The third-order valence-corrected chi connectivity index (χ3v) is 5.44. The molecule has 30 heavy (non-hydrogen) atoms. The molecule has 0 radical (unpaired) electrons. The van der Waals surface area contributed by atoms with Gasteiger partial charge in [-0.15, -0.1) is 0 Å². The maximum absolute atomic E-state index is 12.6. The highest BCUT2D eigenvalue weighted by Crippen LogP contribution is 2.32. The Morgan fingerprint density at radius 2 is 1.57 bits per heavy atom. The number of fused-ring (bicyclic) bond motifs is 1. The van der Waals surface area contributed by atoms with Crippen molar-refractivity contribution in [1.82, 2.24) is 9.80 Å². The first kappa shape index (κ1) is 21.8. The molecule has 3 amide bonds. The minimum atomic E-state index is -1.22. The highest BCUT2D eigenvalue weighted by atomic mass is 35.5. The zero-order valence-corrected chi connectivity index (χ0v) is 17.7. The van der Waals surface area contributed by atoms with Crippen LogP contribution >= 0.6 is 23.2 Å². The number of carbonyl (C=O) groups excluding carboxylic acids is 4. The van der Waals surface area contributed by atoms with Gasteiger partial charge in [0.1, 0.15) is 6.04 Å². The second kappa shape index (κ2) is 8.85. The number of likely N-dealkylation sites (N-methyl/N-ethyl adjacent to an activating group) is 1. The molecule has 2 aromatic rings. The number of nitrogens with zero attached hydrogens (tertiary/aromatic N) is 2. The van der Waals surface area contributed by atoms with Crippen molar-refractivity contribution in [3.8, 4) is 0 Å². The molecular weight excluding hydrogens is 431 g/mol. The molecule has 1 heterocycles. The second-order valence-corrected chi connectivity index (χ2v) is 7.63. The van der Waals surface area contributed by atoms with E-state index in [-0.39, 0.29) is 21.2 Å². The largest absolute Gasteiger partial charge is 0.454 e. The molecule has 0 bridgehead atoms. The van der Waals surface area contributed by atoms with E-state index in [1.165, 1.54) is 24.0 Å². The molecule has 0 saturated carbocycles. The standard InChI is InChI=1S/C21H18Cl2N2O5/c1-12(25-19(27)14-8-16(22)17(23)9-15(14)20(25)28)21(29)30-11-18(26)24(2)10-13-6-4-3-5-7-13/h3-9,12H,10-11H2,1-2H3. The molecule has 0 fully saturated rings. The van der Waals surface area contributed by atoms with Crippen LogP contribution in [0.15, 0.2) is 42.5 Å². The Morgan fingerprint density at radius 3 is 2.10 bits per heavy atom. The number of halogens is 2. The van der Waals surface area contributed by atoms with Crippen molar-refractivity contribution >= 4 is 46.9 Å². The van der Waals surface area contributed by atoms with Crippen molar-refractivity contribution in [3.63, 3.8) is 0 Å². The van der Waals surface area contributed by atoms with Crippen LogP contribution in [0.1, 0.15) is 33.2 Å². The highest BCUT2D eigenvalue weighted by molar-refractivity contribution is 6.43. The van der Waals surface area contributed by atoms with E-state index in [0.29, 0.717) is 6.54 Å². The normalized spacial score (nSPS) is 13.8. The molecule has 0 aliphatic carbocycles. The summed E-state index contributed by atoms with van der Waals surface area (Å²) in [6.07, 6.45) is 0. The van der Waals surface area contributed by atoms with E-state index >= 15 is 0 Å². The molecule has 9 heteroatoms. The summed E-state index contributed by atoms with van der Waals surface area (Å²) < 4.78 is 5.05. The van der Waals surface area contributed by atoms with Crippen molar-refractivity contribution in [1.29, 1.82) is 0 Å². The van der Waals surface area contributed by atoms with Crippen LogP contribution in [0.25, 0.3) is 0 Å². The molecule has 1 unspecified atom stereocenters. The van der Waals surface area contributed by atoms with Gasteiger partial charge >= 0.3 is 5.97 Å². The van der Waals surface area contributed by atoms with Crippen LogP contribution in [0, 0.1) is 0 Å². The van der Waals surface area contributed by atoms with Crippen LogP contribution in [0.3, 0.4) is 0 Å². The van der Waals surface area contributed by atoms with E-state index < -0.39 is 36.3 Å². The summed E-state index contributed by atoms with van der Waals surface area (Å²) in [6.45, 7) is 1.20. The van der Waals surface area contributed by atoms with Crippen LogP contribution in [0.5, 0.6) is 0 Å². The molecule has 1 aliphatic heterocycles. The average Bonchev–Trinajstić information content (AvgIpc) is 2.96. The number of rotatable bonds is 6. The predicted molar refractivity (Wildman–Crippen MR) is 110 cm³/mol. The van der Waals surface area contributed by atoms with Gasteiger partial charge in [-0.25, -0.2) is 4.79 Å². The fraction of sp³-hybridized carbons (Fsp3) is 0.238. The van der Waals surface area contributed by atoms with Gasteiger partial charge in [-0.2, -0.15) is 0 Å². The topological polar surface area (TPSA) is 84.0 Å². The summed E-state index contributed by atoms with van der Waals surface area (Å²) in [5, 5.41) is 0.251. The van der Waals surface area contributed by atoms with Crippen molar-refractivity contribution in [3.05, 3.63) is 69.2 Å². The first-order chi connectivity index (χ1) is 14.2. The maximum atomic E-state index is 12.6. The minimum absolute atomic E-state index is 0.0627. The second-order valence-electron chi connectivity index (χ2n) is 6.81. The van der Waals surface area contributed by atoms with E-state index in [9.17, 15) is 19.2 Å². The van der Waals surface area contributed by atoms with E-state index in [0.717, 1.165) is 10.5 Å². The van der Waals surface area contributed by atoms with Crippen molar-refractivity contribution in [2.24, 2.45) is 0 Å². The van der Waals surface area contributed by atoms with E-state index in [4.69, 9.17) is 27.9 Å². The Labute approximate surface area is 183 Å². The fourth-order valence-corrected chi connectivity index (χ4v) is 3.35. The molecule has 0 aromatic heterocycles. The van der Waals surface area contributed by atoms with Gasteiger partial charge in [0.25, 0.3) is 17.7 Å². The Morgan fingerprint density at radius 1 is 1.03 bits per heavy atom. The number of imide groups is 1. The molecular formula is C21H18Cl2N2O5. The lowest BCUT2D eigenvalue weighted by molar-refractivity contribution is -0.154. The van der Waals surface area contributed by atoms with Gasteiger partial charge in [-0.1, -0.05) is 53.5 Å². The smallest absolute Gasteiger partial charge is 0.329 e. The van der Waals surface area contributed by atoms with Crippen LogP contribution in [0.4, 0.5) is 0 Å². The molecule has 2 aromatic carbocycles. The lowest BCUT2D eigenvalue weighted by Gasteiger charge is -2.22. The zero-order chi connectivity index (χ0) is 22.0. The van der Waals surface area contributed by atoms with Crippen LogP contribution in [-0.2, 0) is 20.9 Å². The van der Waals surface area contributed by atoms with Crippen molar-refractivity contribution < 1.29 is 23.9 Å². The quantitative estimate of drug-likeness (QED) is 0.500. The summed E-state index contributed by atoms with van der Waals surface area (Å²) in [5.41, 5.74) is 1.05. The molecule has 0 spiro atoms. The molecule has 0 saturated heterocycles. The number of hydrogen-bond donors (Lipinski definition) is 0. The van der Waals surface area contributed by atoms with Gasteiger partial charge in [0, 0.05) is 13.6 Å². The lowest BCUT2D eigenvalue weighted by Crippen LogP contribution is -2.44. The molecule has 0 N–H and O–H groups in total. The lowest BCUT2D eigenvalue weighted by atomic mass is 10.1. The van der Waals surface area contributed by atoms with Crippen LogP contribution < -0.4 is 0 Å². The monoisotopic (exact) mass is 448 g/mol. The van der Waals surface area contributed by atoms with Gasteiger partial charge in [-0.05, 0) is 24.6 Å². The Kier molecular flexibility index (Phi) is 6.43. The summed E-state index contributed by atoms with van der Waals surface area (Å²) in [5.74, 6) is -2.64. The van der Waals surface area contributed by atoms with Gasteiger partial charge < -0.3 is 9.64 Å². The van der Waals surface area contributed by atoms with E-state index in [2.05, 4.69) is 0 Å². The van der Waals surface area contributed by atoms with Crippen LogP contribution in [-0.4, -0.2) is 53.2 Å². The molecule has 3 rings (SSSR count). The van der Waals surface area contributed by atoms with Gasteiger partial charge in [0.2, 0.25) is 0 Å². The van der Waals surface area contributed by atoms with E-state index in [1.807, 2.05) is 30.3 Å². The molecule has 1 atom stereocenters. The van der Waals surface area contributed by atoms with Crippen molar-refractivity contribution in [2.45, 2.75) is 19.5 Å². The van der Waals surface area contributed by atoms with Gasteiger partial charge in [0.15, 0.2) is 6.61 Å². The van der Waals surface area contributed by atoms with Gasteiger partial charge in [0.05, 0.1) is 21.2 Å². The van der Waals surface area contributed by atoms with E-state index in [1.54, 1.807) is 7.05 Å². The van der Waals surface area contributed by atoms with Gasteiger partial charge in [-0.3, -0.25) is 19.3 Å².